The van der Waals surface area contributed by atoms with Gasteiger partial charge in [0.1, 0.15) is 5.69 Å². The van der Waals surface area contributed by atoms with Crippen LogP contribution in [-0.2, 0) is 13.1 Å². The second kappa shape index (κ2) is 4.26. The van der Waals surface area contributed by atoms with Crippen LogP contribution in [0, 0.1) is 0 Å². The van der Waals surface area contributed by atoms with Gasteiger partial charge in [-0.3, -0.25) is 14.4 Å². The first-order chi connectivity index (χ1) is 8.72. The summed E-state index contributed by atoms with van der Waals surface area (Å²) in [5, 5.41) is 13.5. The Bertz CT molecular complexity index is 616. The average molecular weight is 246 g/mol. The maximum atomic E-state index is 11.5. The third-order valence-corrected chi connectivity index (χ3v) is 2.98. The van der Waals surface area contributed by atoms with Crippen LogP contribution in [-0.4, -0.2) is 38.5 Å². The lowest BCUT2D eigenvalue weighted by molar-refractivity contribution is 0.259. The van der Waals surface area contributed by atoms with Gasteiger partial charge in [-0.2, -0.15) is 10.2 Å². The molecule has 0 radical (unpaired) electrons. The van der Waals surface area contributed by atoms with E-state index in [1.54, 1.807) is 6.07 Å². The molecule has 3 rings (SSSR count). The Hall–Kier alpha value is -2.15. The van der Waals surface area contributed by atoms with Gasteiger partial charge < -0.3 is 5.32 Å². The van der Waals surface area contributed by atoms with E-state index in [1.807, 2.05) is 10.7 Å². The number of aromatic nitrogens is 4. The predicted molar refractivity (Wildman–Crippen MR) is 66.7 cm³/mol. The molecule has 2 aromatic heterocycles. The number of aromatic amines is 1. The monoisotopic (exact) mass is 246 g/mol. The van der Waals surface area contributed by atoms with E-state index in [2.05, 4.69) is 32.6 Å². The van der Waals surface area contributed by atoms with Crippen LogP contribution in [0.2, 0.25) is 0 Å². The second-order valence-electron chi connectivity index (χ2n) is 4.41. The van der Waals surface area contributed by atoms with Crippen LogP contribution in [0.3, 0.4) is 0 Å². The van der Waals surface area contributed by atoms with E-state index in [0.29, 0.717) is 11.5 Å². The standard InChI is InChI=1S/C11H14N6O/c1-16-4-5-17-8(7-16)6-10(15-17)13-9-2-3-12-14-11(9)18/h2-3,6H,4-5,7H2,1H3,(H,14,18)(H,12,13,15). The van der Waals surface area contributed by atoms with E-state index < -0.39 is 0 Å². The van der Waals surface area contributed by atoms with Crippen LogP contribution in [0.25, 0.3) is 0 Å². The summed E-state index contributed by atoms with van der Waals surface area (Å²) >= 11 is 0. The van der Waals surface area contributed by atoms with Crippen LogP contribution in [0.15, 0.2) is 23.1 Å². The van der Waals surface area contributed by atoms with Gasteiger partial charge in [0.25, 0.3) is 5.56 Å². The molecule has 0 atom stereocenters. The summed E-state index contributed by atoms with van der Waals surface area (Å²) in [6, 6.07) is 3.60. The van der Waals surface area contributed by atoms with Gasteiger partial charge in [0.15, 0.2) is 5.82 Å². The molecule has 0 aliphatic carbocycles. The Balaban J connectivity index is 1.86. The molecular weight excluding hydrogens is 232 g/mol. The number of hydrogen-bond donors (Lipinski definition) is 2. The lowest BCUT2D eigenvalue weighted by Crippen LogP contribution is -2.30. The summed E-state index contributed by atoms with van der Waals surface area (Å²) in [5.74, 6) is 0.692. The lowest BCUT2D eigenvalue weighted by atomic mass is 10.3. The van der Waals surface area contributed by atoms with Crippen molar-refractivity contribution in [1.82, 2.24) is 24.9 Å². The van der Waals surface area contributed by atoms with E-state index in [-0.39, 0.29) is 5.56 Å². The fourth-order valence-electron chi connectivity index (χ4n) is 2.04. The minimum atomic E-state index is -0.249. The van der Waals surface area contributed by atoms with Crippen molar-refractivity contribution in [2.75, 3.05) is 18.9 Å². The molecule has 0 amide bonds. The average Bonchev–Trinajstić information content (AvgIpc) is 2.73. The molecule has 3 heterocycles. The molecule has 0 saturated heterocycles. The fraction of sp³-hybridized carbons (Fsp3) is 0.364. The van der Waals surface area contributed by atoms with Gasteiger partial charge in [0.2, 0.25) is 0 Å². The SMILES string of the molecule is CN1CCn2nc(Nc3ccn[nH]c3=O)cc2C1. The molecular formula is C11H14N6O. The van der Waals surface area contributed by atoms with Crippen LogP contribution < -0.4 is 10.9 Å². The zero-order valence-corrected chi connectivity index (χ0v) is 10.1. The maximum absolute atomic E-state index is 11.5. The van der Waals surface area contributed by atoms with Crippen LogP contribution >= 0.6 is 0 Å². The van der Waals surface area contributed by atoms with E-state index >= 15 is 0 Å². The third-order valence-electron chi connectivity index (χ3n) is 2.98. The highest BCUT2D eigenvalue weighted by Gasteiger charge is 2.15. The van der Waals surface area contributed by atoms with Gasteiger partial charge in [-0.25, -0.2) is 5.10 Å². The first-order valence-electron chi connectivity index (χ1n) is 5.78. The maximum Gasteiger partial charge on any atom is 0.287 e. The van der Waals surface area contributed by atoms with Gasteiger partial charge in [-0.15, -0.1) is 0 Å². The zero-order valence-electron chi connectivity index (χ0n) is 10.1. The number of nitrogens with zero attached hydrogens (tertiary/aromatic N) is 4. The molecule has 0 saturated carbocycles. The highest BCUT2D eigenvalue weighted by molar-refractivity contribution is 5.54. The van der Waals surface area contributed by atoms with Crippen molar-refractivity contribution in [3.05, 3.63) is 34.4 Å². The second-order valence-corrected chi connectivity index (χ2v) is 4.41. The molecule has 2 N–H and O–H groups in total. The van der Waals surface area contributed by atoms with Gasteiger partial charge in [0.05, 0.1) is 12.2 Å². The molecule has 7 nitrogen and oxygen atoms in total. The van der Waals surface area contributed by atoms with Crippen molar-refractivity contribution < 1.29 is 0 Å². The highest BCUT2D eigenvalue weighted by Crippen LogP contribution is 2.17. The topological polar surface area (TPSA) is 78.8 Å². The molecule has 18 heavy (non-hydrogen) atoms. The van der Waals surface area contributed by atoms with Crippen molar-refractivity contribution in [3.63, 3.8) is 0 Å². The van der Waals surface area contributed by atoms with Crippen LogP contribution in [0.4, 0.5) is 11.5 Å². The summed E-state index contributed by atoms with van der Waals surface area (Å²) < 4.78 is 1.97. The summed E-state index contributed by atoms with van der Waals surface area (Å²) in [7, 11) is 2.08. The number of H-pyrrole nitrogens is 1. The Labute approximate surface area is 103 Å². The molecule has 1 aliphatic heterocycles. The quantitative estimate of drug-likeness (QED) is 0.789. The Morgan fingerprint density at radius 3 is 3.17 bits per heavy atom. The first-order valence-corrected chi connectivity index (χ1v) is 5.78. The number of likely N-dealkylation sites (N-methyl/N-ethyl adjacent to an activating group) is 1. The Kier molecular flexibility index (Phi) is 2.60. The van der Waals surface area contributed by atoms with Gasteiger partial charge in [-0.05, 0) is 13.1 Å². The molecule has 0 bridgehead atoms. The highest BCUT2D eigenvalue weighted by atomic mass is 16.1. The summed E-state index contributed by atoms with van der Waals surface area (Å²) in [6.07, 6.45) is 1.54. The van der Waals surface area contributed by atoms with Crippen molar-refractivity contribution >= 4 is 11.5 Å². The first kappa shape index (κ1) is 11.0. The number of nitrogens with one attached hydrogen (secondary N) is 2. The number of rotatable bonds is 2. The number of fused-ring (bicyclic) bond motifs is 1. The van der Waals surface area contributed by atoms with Crippen molar-refractivity contribution in [2.24, 2.45) is 0 Å². The van der Waals surface area contributed by atoms with Crippen LogP contribution in [0.5, 0.6) is 0 Å². The lowest BCUT2D eigenvalue weighted by Gasteiger charge is -2.22. The molecule has 7 heteroatoms. The third kappa shape index (κ3) is 2.00. The normalized spacial score (nSPS) is 15.4. The van der Waals surface area contributed by atoms with Crippen molar-refractivity contribution in [1.29, 1.82) is 0 Å². The van der Waals surface area contributed by atoms with Gasteiger partial charge >= 0.3 is 0 Å². The molecule has 0 fully saturated rings. The van der Waals surface area contributed by atoms with E-state index in [9.17, 15) is 4.79 Å². The molecule has 94 valence electrons. The minimum absolute atomic E-state index is 0.249. The van der Waals surface area contributed by atoms with E-state index in [1.165, 1.54) is 6.20 Å². The Morgan fingerprint density at radius 1 is 1.44 bits per heavy atom. The van der Waals surface area contributed by atoms with Crippen molar-refractivity contribution in [3.8, 4) is 0 Å². The van der Waals surface area contributed by atoms with Gasteiger partial charge in [-0.1, -0.05) is 0 Å². The minimum Gasteiger partial charge on any atom is -0.334 e. The molecule has 2 aromatic rings. The van der Waals surface area contributed by atoms with E-state index in [0.717, 1.165) is 25.3 Å². The Morgan fingerprint density at radius 2 is 2.33 bits per heavy atom. The van der Waals surface area contributed by atoms with Crippen molar-refractivity contribution in [2.45, 2.75) is 13.1 Å². The summed E-state index contributed by atoms with van der Waals surface area (Å²) in [6.45, 7) is 2.74. The molecule has 1 aliphatic rings. The molecule has 0 spiro atoms. The predicted octanol–water partition coefficient (Wildman–Crippen LogP) is 0.155. The van der Waals surface area contributed by atoms with Gasteiger partial charge in [0, 0.05) is 25.4 Å². The number of hydrogen-bond acceptors (Lipinski definition) is 5. The molecule has 0 unspecified atom stereocenters. The number of anilines is 2. The van der Waals surface area contributed by atoms with Crippen LogP contribution in [0.1, 0.15) is 5.69 Å². The zero-order chi connectivity index (χ0) is 12.5. The smallest absolute Gasteiger partial charge is 0.287 e. The largest absolute Gasteiger partial charge is 0.334 e. The summed E-state index contributed by atoms with van der Waals surface area (Å²) in [4.78, 5) is 13.7. The fourth-order valence-corrected chi connectivity index (χ4v) is 2.04. The van der Waals surface area contributed by atoms with E-state index in [4.69, 9.17) is 0 Å². The molecule has 0 aromatic carbocycles. The summed E-state index contributed by atoms with van der Waals surface area (Å²) in [5.41, 5.74) is 1.35.